The Morgan fingerprint density at radius 2 is 1.69 bits per heavy atom. The van der Waals surface area contributed by atoms with E-state index in [-0.39, 0.29) is 0 Å². The molecule has 0 aliphatic heterocycles. The van der Waals surface area contributed by atoms with Gasteiger partial charge in [-0.2, -0.15) is 0 Å². The molecule has 0 N–H and O–H groups in total. The van der Waals surface area contributed by atoms with Crippen LogP contribution in [0.25, 0.3) is 5.65 Å². The Labute approximate surface area is 97.5 Å². The van der Waals surface area contributed by atoms with Gasteiger partial charge in [-0.25, -0.2) is 8.97 Å². The van der Waals surface area contributed by atoms with Gasteiger partial charge in [0.1, 0.15) is 11.9 Å². The van der Waals surface area contributed by atoms with Crippen LogP contribution in [0.3, 0.4) is 0 Å². The van der Waals surface area contributed by atoms with Crippen molar-refractivity contribution in [2.45, 2.75) is 39.5 Å². The van der Waals surface area contributed by atoms with Crippen molar-refractivity contribution in [2.75, 3.05) is 0 Å². The maximum absolute atomic E-state index is 2.27. The van der Waals surface area contributed by atoms with Gasteiger partial charge in [0.15, 0.2) is 0 Å². The molecular formula is C14H21N2+. The molecule has 2 heteroatoms. The number of pyridine rings is 1. The molecular weight excluding hydrogens is 196 g/mol. The number of hydrogen-bond acceptors (Lipinski definition) is 0. The lowest BCUT2D eigenvalue weighted by Gasteiger charge is -2.02. The molecule has 0 spiro atoms. The average molecular weight is 217 g/mol. The lowest BCUT2D eigenvalue weighted by Crippen LogP contribution is -2.32. The summed E-state index contributed by atoms with van der Waals surface area (Å²) in [6.45, 7) is 8.93. The van der Waals surface area contributed by atoms with Gasteiger partial charge >= 0.3 is 0 Å². The maximum Gasteiger partial charge on any atom is 0.286 e. The van der Waals surface area contributed by atoms with Gasteiger partial charge in [-0.3, -0.25) is 0 Å². The third kappa shape index (κ3) is 1.73. The van der Waals surface area contributed by atoms with Crippen LogP contribution in [-0.2, 0) is 7.05 Å². The molecule has 0 radical (unpaired) electrons. The minimum Gasteiger partial charge on any atom is -0.230 e. The first-order valence-corrected chi connectivity index (χ1v) is 6.01. The van der Waals surface area contributed by atoms with E-state index in [0.717, 1.165) is 0 Å². The molecule has 2 nitrogen and oxygen atoms in total. The fourth-order valence-corrected chi connectivity index (χ4v) is 2.15. The van der Waals surface area contributed by atoms with E-state index in [9.17, 15) is 0 Å². The first-order chi connectivity index (χ1) is 7.50. The summed E-state index contributed by atoms with van der Waals surface area (Å²) in [5.41, 5.74) is 4.02. The fourth-order valence-electron chi connectivity index (χ4n) is 2.15. The fraction of sp³-hybridized carbons (Fsp3) is 0.500. The normalized spacial score (nSPS) is 11.9. The molecule has 0 saturated heterocycles. The van der Waals surface area contributed by atoms with Crippen LogP contribution in [0, 0.1) is 0 Å². The number of rotatable bonds is 2. The van der Waals surface area contributed by atoms with E-state index in [1.54, 1.807) is 0 Å². The molecule has 0 aliphatic carbocycles. The van der Waals surface area contributed by atoms with Crippen molar-refractivity contribution in [1.29, 1.82) is 0 Å². The highest BCUT2D eigenvalue weighted by Gasteiger charge is 2.17. The van der Waals surface area contributed by atoms with Gasteiger partial charge in [0.25, 0.3) is 5.65 Å². The van der Waals surface area contributed by atoms with Crippen molar-refractivity contribution in [2.24, 2.45) is 7.05 Å². The van der Waals surface area contributed by atoms with Crippen LogP contribution in [0.15, 0.2) is 24.5 Å². The average Bonchev–Trinajstić information content (AvgIpc) is 2.55. The van der Waals surface area contributed by atoms with E-state index in [0.29, 0.717) is 11.8 Å². The largest absolute Gasteiger partial charge is 0.286 e. The first kappa shape index (κ1) is 11.2. The zero-order valence-electron chi connectivity index (χ0n) is 10.9. The summed E-state index contributed by atoms with van der Waals surface area (Å²) in [5, 5.41) is 0. The van der Waals surface area contributed by atoms with Crippen molar-refractivity contribution in [3.05, 3.63) is 35.8 Å². The third-order valence-corrected chi connectivity index (χ3v) is 3.24. The van der Waals surface area contributed by atoms with Crippen LogP contribution in [0.1, 0.15) is 50.8 Å². The topological polar surface area (TPSA) is 8.29 Å². The molecule has 2 aromatic heterocycles. The third-order valence-electron chi connectivity index (χ3n) is 3.24. The molecule has 0 unspecified atom stereocenters. The second kappa shape index (κ2) is 3.93. The molecule has 0 aliphatic rings. The second-order valence-electron chi connectivity index (χ2n) is 5.15. The Kier molecular flexibility index (Phi) is 2.75. The van der Waals surface area contributed by atoms with Crippen LogP contribution in [0.2, 0.25) is 0 Å². The highest BCUT2D eigenvalue weighted by atomic mass is 15.1. The Morgan fingerprint density at radius 3 is 2.25 bits per heavy atom. The zero-order valence-corrected chi connectivity index (χ0v) is 10.9. The van der Waals surface area contributed by atoms with E-state index in [1.165, 1.54) is 16.9 Å². The molecule has 0 aromatic carbocycles. The molecule has 2 heterocycles. The standard InChI is InChI=1S/C14H21N2/c1-10(2)12-6-7-14-15(5)13(11(3)4)9-16(14)8-12/h6-11H,1-5H3/q+1. The Morgan fingerprint density at radius 1 is 1.00 bits per heavy atom. The van der Waals surface area contributed by atoms with Gasteiger partial charge in [0.05, 0.1) is 13.2 Å². The van der Waals surface area contributed by atoms with Crippen molar-refractivity contribution in [1.82, 2.24) is 4.40 Å². The van der Waals surface area contributed by atoms with Crippen LogP contribution in [0.4, 0.5) is 0 Å². The van der Waals surface area contributed by atoms with Crippen molar-refractivity contribution >= 4 is 5.65 Å². The number of fused-ring (bicyclic) bond motifs is 1. The predicted molar refractivity (Wildman–Crippen MR) is 66.8 cm³/mol. The van der Waals surface area contributed by atoms with E-state index in [2.05, 4.69) is 68.2 Å². The zero-order chi connectivity index (χ0) is 11.9. The van der Waals surface area contributed by atoms with Crippen molar-refractivity contribution < 1.29 is 4.57 Å². The van der Waals surface area contributed by atoms with Crippen LogP contribution < -0.4 is 4.57 Å². The van der Waals surface area contributed by atoms with E-state index in [4.69, 9.17) is 0 Å². The lowest BCUT2D eigenvalue weighted by atomic mass is 10.1. The summed E-state index contributed by atoms with van der Waals surface area (Å²) >= 11 is 0. The summed E-state index contributed by atoms with van der Waals surface area (Å²) in [6, 6.07) is 4.44. The summed E-state index contributed by atoms with van der Waals surface area (Å²) in [7, 11) is 2.14. The Hall–Kier alpha value is -1.31. The summed E-state index contributed by atoms with van der Waals surface area (Å²) in [5.74, 6) is 1.15. The van der Waals surface area contributed by atoms with Gasteiger partial charge in [-0.05, 0) is 17.5 Å². The van der Waals surface area contributed by atoms with Crippen LogP contribution in [-0.4, -0.2) is 4.40 Å². The molecule has 16 heavy (non-hydrogen) atoms. The molecule has 0 fully saturated rings. The lowest BCUT2D eigenvalue weighted by molar-refractivity contribution is -0.653. The van der Waals surface area contributed by atoms with Gasteiger partial charge in [0.2, 0.25) is 0 Å². The number of hydrogen-bond donors (Lipinski definition) is 0. The molecule has 0 bridgehead atoms. The molecule has 0 amide bonds. The number of imidazole rings is 1. The molecule has 2 rings (SSSR count). The summed E-state index contributed by atoms with van der Waals surface area (Å²) in [6.07, 6.45) is 4.48. The highest BCUT2D eigenvalue weighted by Crippen LogP contribution is 2.17. The summed E-state index contributed by atoms with van der Waals surface area (Å²) < 4.78 is 4.51. The van der Waals surface area contributed by atoms with Gasteiger partial charge in [-0.15, -0.1) is 0 Å². The number of aryl methyl sites for hydroxylation is 1. The van der Waals surface area contributed by atoms with Crippen LogP contribution >= 0.6 is 0 Å². The number of aromatic nitrogens is 2. The monoisotopic (exact) mass is 217 g/mol. The SMILES string of the molecule is CC(C)c1ccc2n(c1)cc(C(C)C)[n+]2C. The molecule has 0 atom stereocenters. The Balaban J connectivity index is 2.63. The van der Waals surface area contributed by atoms with Gasteiger partial charge in [-0.1, -0.05) is 27.7 Å². The van der Waals surface area contributed by atoms with E-state index in [1.807, 2.05) is 0 Å². The minimum atomic E-state index is 0.562. The second-order valence-corrected chi connectivity index (χ2v) is 5.15. The predicted octanol–water partition coefficient (Wildman–Crippen LogP) is 3.01. The van der Waals surface area contributed by atoms with Crippen LogP contribution in [0.5, 0.6) is 0 Å². The maximum atomic E-state index is 2.27. The highest BCUT2D eigenvalue weighted by molar-refractivity contribution is 5.36. The van der Waals surface area contributed by atoms with Crippen molar-refractivity contribution in [3.63, 3.8) is 0 Å². The van der Waals surface area contributed by atoms with Gasteiger partial charge < -0.3 is 0 Å². The van der Waals surface area contributed by atoms with E-state index >= 15 is 0 Å². The molecule has 0 saturated carbocycles. The minimum absolute atomic E-state index is 0.562. The molecule has 2 aromatic rings. The first-order valence-electron chi connectivity index (χ1n) is 6.01. The quantitative estimate of drug-likeness (QED) is 0.683. The van der Waals surface area contributed by atoms with Gasteiger partial charge in [0, 0.05) is 12.0 Å². The van der Waals surface area contributed by atoms with Crippen molar-refractivity contribution in [3.8, 4) is 0 Å². The Bertz CT molecular complexity index is 507. The molecule has 86 valence electrons. The smallest absolute Gasteiger partial charge is 0.230 e. The summed E-state index contributed by atoms with van der Waals surface area (Å²) in [4.78, 5) is 0. The number of nitrogens with zero attached hydrogens (tertiary/aromatic N) is 2. The van der Waals surface area contributed by atoms with E-state index < -0.39 is 0 Å².